The number of fused-ring (bicyclic) bond motifs is 1. The van der Waals surface area contributed by atoms with Crippen LogP contribution in [0, 0.1) is 0 Å². The molecule has 0 saturated carbocycles. The number of aromatic amines is 1. The van der Waals surface area contributed by atoms with Gasteiger partial charge in [-0.15, -0.1) is 0 Å². The molecule has 2 aromatic carbocycles. The monoisotopic (exact) mass is 589 g/mol. The van der Waals surface area contributed by atoms with Crippen LogP contribution in [0.4, 0.5) is 5.69 Å². The number of amides is 1. The first-order valence-electron chi connectivity index (χ1n) is 14.4. The number of carbonyl (C=O) groups excluding carboxylic acids is 1. The standard InChI is InChI=1S/C32H40ClN7O2/c1-32(2,21-39(3)4)38-27(41)20-42-25-12-10-23(11-13-25)30-36-29-28(26(33)18-34-31(29)37-30)35-24-14-16-40(17-15-24)19-22-8-6-5-7-9-22/h5-13,18,24H,14-17,19-21H2,1-4H3,(H,38,41)(H2,34,35,36,37). The van der Waals surface area contributed by atoms with Gasteiger partial charge in [-0.2, -0.15) is 0 Å². The van der Waals surface area contributed by atoms with Crippen LogP contribution < -0.4 is 15.4 Å². The van der Waals surface area contributed by atoms with Crippen LogP contribution in [-0.4, -0.2) is 82.6 Å². The van der Waals surface area contributed by atoms with E-state index in [-0.39, 0.29) is 18.1 Å². The normalized spacial score (nSPS) is 14.8. The molecule has 2 aromatic heterocycles. The highest BCUT2D eigenvalue weighted by Crippen LogP contribution is 2.32. The molecule has 4 aromatic rings. The fourth-order valence-corrected chi connectivity index (χ4v) is 5.78. The van der Waals surface area contributed by atoms with Crippen molar-refractivity contribution in [3.63, 3.8) is 0 Å². The molecule has 0 atom stereocenters. The third-order valence-electron chi connectivity index (χ3n) is 7.34. The Morgan fingerprint density at radius 1 is 1.12 bits per heavy atom. The Kier molecular flexibility index (Phi) is 9.30. The summed E-state index contributed by atoms with van der Waals surface area (Å²) in [6.07, 6.45) is 3.72. The van der Waals surface area contributed by atoms with Crippen LogP contribution in [0.1, 0.15) is 32.3 Å². The molecule has 42 heavy (non-hydrogen) atoms. The van der Waals surface area contributed by atoms with E-state index in [0.717, 1.165) is 55.8 Å². The molecule has 0 unspecified atom stereocenters. The van der Waals surface area contributed by atoms with E-state index in [4.69, 9.17) is 21.3 Å². The molecule has 3 N–H and O–H groups in total. The van der Waals surface area contributed by atoms with Gasteiger partial charge in [0, 0.05) is 43.3 Å². The van der Waals surface area contributed by atoms with Crippen LogP contribution in [0.2, 0.25) is 5.02 Å². The first kappa shape index (κ1) is 29.8. The van der Waals surface area contributed by atoms with Gasteiger partial charge in [0.1, 0.15) is 17.1 Å². The SMILES string of the molecule is CN(C)CC(C)(C)NC(=O)COc1ccc(-c2nc3c(NC4CCN(Cc5ccccc5)CC4)c(Cl)cnc3[nH]2)cc1. The maximum atomic E-state index is 12.4. The predicted octanol–water partition coefficient (Wildman–Crippen LogP) is 5.19. The largest absolute Gasteiger partial charge is 0.484 e. The Hall–Kier alpha value is -3.66. The number of aromatic nitrogens is 3. The molecule has 222 valence electrons. The molecule has 0 bridgehead atoms. The number of likely N-dealkylation sites (N-methyl/N-ethyl adjacent to an activating group) is 1. The summed E-state index contributed by atoms with van der Waals surface area (Å²) in [6.45, 7) is 7.68. The fourth-order valence-electron chi connectivity index (χ4n) is 5.59. The molecule has 1 saturated heterocycles. The van der Waals surface area contributed by atoms with E-state index >= 15 is 0 Å². The summed E-state index contributed by atoms with van der Waals surface area (Å²) < 4.78 is 5.73. The number of anilines is 1. The highest BCUT2D eigenvalue weighted by atomic mass is 35.5. The van der Waals surface area contributed by atoms with E-state index in [1.807, 2.05) is 57.1 Å². The molecule has 1 aliphatic heterocycles. The van der Waals surface area contributed by atoms with Gasteiger partial charge >= 0.3 is 0 Å². The fraction of sp³-hybridized carbons (Fsp3) is 0.406. The van der Waals surface area contributed by atoms with Crippen LogP contribution in [0.3, 0.4) is 0 Å². The number of hydrogen-bond donors (Lipinski definition) is 3. The number of piperidine rings is 1. The van der Waals surface area contributed by atoms with Crippen LogP contribution in [0.5, 0.6) is 5.75 Å². The number of rotatable bonds is 11. The number of nitrogens with one attached hydrogen (secondary N) is 3. The lowest BCUT2D eigenvalue weighted by molar-refractivity contribution is -0.124. The van der Waals surface area contributed by atoms with Gasteiger partial charge in [0.25, 0.3) is 5.91 Å². The van der Waals surface area contributed by atoms with Crippen molar-refractivity contribution in [3.8, 4) is 17.1 Å². The average molecular weight is 590 g/mol. The first-order chi connectivity index (χ1) is 20.1. The maximum absolute atomic E-state index is 12.4. The van der Waals surface area contributed by atoms with E-state index in [1.165, 1.54) is 5.56 Å². The smallest absolute Gasteiger partial charge is 0.258 e. The van der Waals surface area contributed by atoms with Crippen LogP contribution in [0.15, 0.2) is 60.8 Å². The number of halogens is 1. The summed E-state index contributed by atoms with van der Waals surface area (Å²) in [7, 11) is 3.96. The second-order valence-corrected chi connectivity index (χ2v) is 12.3. The van der Waals surface area contributed by atoms with Gasteiger partial charge in [0.05, 0.1) is 16.9 Å². The van der Waals surface area contributed by atoms with E-state index in [9.17, 15) is 4.79 Å². The second kappa shape index (κ2) is 13.1. The molecule has 1 aliphatic rings. The van der Waals surface area contributed by atoms with E-state index in [2.05, 4.69) is 55.8 Å². The van der Waals surface area contributed by atoms with Crippen molar-refractivity contribution in [1.29, 1.82) is 0 Å². The minimum absolute atomic E-state index is 0.0521. The molecule has 1 fully saturated rings. The topological polar surface area (TPSA) is 98.4 Å². The Balaban J connectivity index is 1.20. The minimum Gasteiger partial charge on any atom is -0.484 e. The molecule has 9 nitrogen and oxygen atoms in total. The van der Waals surface area contributed by atoms with E-state index in [0.29, 0.717) is 28.3 Å². The molecule has 0 spiro atoms. The molecule has 0 radical (unpaired) electrons. The van der Waals surface area contributed by atoms with E-state index in [1.54, 1.807) is 6.20 Å². The molecule has 0 aliphatic carbocycles. The molecule has 5 rings (SSSR count). The number of benzene rings is 2. The van der Waals surface area contributed by atoms with Gasteiger partial charge < -0.3 is 25.3 Å². The lowest BCUT2D eigenvalue weighted by Crippen LogP contribution is -2.51. The third kappa shape index (κ3) is 7.79. The number of likely N-dealkylation sites (tertiary alicyclic amines) is 1. The zero-order valence-electron chi connectivity index (χ0n) is 24.8. The van der Waals surface area contributed by atoms with Crippen LogP contribution in [-0.2, 0) is 11.3 Å². The molecular formula is C32H40ClN7O2. The number of carbonyl (C=O) groups is 1. The molecule has 3 heterocycles. The Labute approximate surface area is 252 Å². The summed E-state index contributed by atoms with van der Waals surface area (Å²) in [4.78, 5) is 29.6. The van der Waals surface area contributed by atoms with Crippen molar-refractivity contribution in [1.82, 2.24) is 30.1 Å². The number of hydrogen-bond acceptors (Lipinski definition) is 7. The average Bonchev–Trinajstić information content (AvgIpc) is 3.39. The van der Waals surface area contributed by atoms with Gasteiger partial charge in [-0.05, 0) is 70.6 Å². The predicted molar refractivity (Wildman–Crippen MR) is 169 cm³/mol. The van der Waals surface area contributed by atoms with Crippen molar-refractivity contribution in [3.05, 3.63) is 71.4 Å². The lowest BCUT2D eigenvalue weighted by Gasteiger charge is -2.33. The van der Waals surface area contributed by atoms with Gasteiger partial charge in [-0.3, -0.25) is 9.69 Å². The zero-order chi connectivity index (χ0) is 29.7. The highest BCUT2D eigenvalue weighted by molar-refractivity contribution is 6.34. The van der Waals surface area contributed by atoms with Crippen molar-refractivity contribution in [2.24, 2.45) is 0 Å². The van der Waals surface area contributed by atoms with Crippen LogP contribution in [0.25, 0.3) is 22.6 Å². The zero-order valence-corrected chi connectivity index (χ0v) is 25.5. The van der Waals surface area contributed by atoms with Gasteiger partial charge in [0.15, 0.2) is 12.3 Å². The molecule has 10 heteroatoms. The number of nitrogens with zero attached hydrogens (tertiary/aromatic N) is 4. The van der Waals surface area contributed by atoms with Gasteiger partial charge in [0.2, 0.25) is 0 Å². The van der Waals surface area contributed by atoms with Crippen molar-refractivity contribution < 1.29 is 9.53 Å². The van der Waals surface area contributed by atoms with E-state index < -0.39 is 0 Å². The second-order valence-electron chi connectivity index (χ2n) is 11.9. The summed E-state index contributed by atoms with van der Waals surface area (Å²) in [5.41, 5.74) is 4.09. The number of ether oxygens (including phenoxy) is 1. The highest BCUT2D eigenvalue weighted by Gasteiger charge is 2.23. The summed E-state index contributed by atoms with van der Waals surface area (Å²) in [6, 6.07) is 18.4. The quantitative estimate of drug-likeness (QED) is 0.221. The number of imidazole rings is 1. The van der Waals surface area contributed by atoms with Crippen molar-refractivity contribution in [2.75, 3.05) is 45.7 Å². The minimum atomic E-state index is -0.348. The summed E-state index contributed by atoms with van der Waals surface area (Å²) >= 11 is 6.62. The van der Waals surface area contributed by atoms with Crippen molar-refractivity contribution in [2.45, 2.75) is 44.8 Å². The van der Waals surface area contributed by atoms with Gasteiger partial charge in [-0.25, -0.2) is 9.97 Å². The van der Waals surface area contributed by atoms with Crippen LogP contribution >= 0.6 is 11.6 Å². The Morgan fingerprint density at radius 3 is 2.52 bits per heavy atom. The Bertz CT molecular complexity index is 1480. The summed E-state index contributed by atoms with van der Waals surface area (Å²) in [5.74, 6) is 1.14. The molecular weight excluding hydrogens is 550 g/mol. The third-order valence-corrected chi connectivity index (χ3v) is 7.63. The number of pyridine rings is 1. The summed E-state index contributed by atoms with van der Waals surface area (Å²) in [5, 5.41) is 7.23. The first-order valence-corrected chi connectivity index (χ1v) is 14.8. The molecule has 1 amide bonds. The van der Waals surface area contributed by atoms with Crippen molar-refractivity contribution >= 4 is 34.4 Å². The van der Waals surface area contributed by atoms with Gasteiger partial charge in [-0.1, -0.05) is 41.9 Å². The number of H-pyrrole nitrogens is 1. The lowest BCUT2D eigenvalue weighted by atomic mass is 10.0. The maximum Gasteiger partial charge on any atom is 0.258 e. The Morgan fingerprint density at radius 2 is 1.83 bits per heavy atom.